The number of aliphatic hydroxyl groups is 1. The summed E-state index contributed by atoms with van der Waals surface area (Å²) < 4.78 is 0. The van der Waals surface area contributed by atoms with Crippen LogP contribution in [0.2, 0.25) is 0 Å². The summed E-state index contributed by atoms with van der Waals surface area (Å²) in [5.41, 5.74) is -1.11. The Balaban J connectivity index is 1.84. The van der Waals surface area contributed by atoms with Crippen molar-refractivity contribution in [1.29, 1.82) is 0 Å². The van der Waals surface area contributed by atoms with E-state index in [0.29, 0.717) is 6.54 Å². The van der Waals surface area contributed by atoms with Gasteiger partial charge < -0.3 is 15.5 Å². The van der Waals surface area contributed by atoms with E-state index in [4.69, 9.17) is 5.11 Å². The second-order valence-corrected chi connectivity index (χ2v) is 6.66. The molecule has 3 N–H and O–H groups in total. The molecule has 2 aliphatic rings. The second-order valence-electron chi connectivity index (χ2n) is 6.66. The third-order valence-corrected chi connectivity index (χ3v) is 4.87. The lowest BCUT2D eigenvalue weighted by molar-refractivity contribution is -0.140. The number of carbonyl (C=O) groups is 2. The first-order valence-electron chi connectivity index (χ1n) is 7.64. The summed E-state index contributed by atoms with van der Waals surface area (Å²) in [7, 11) is 0. The van der Waals surface area contributed by atoms with Crippen LogP contribution in [0.4, 0.5) is 0 Å². The van der Waals surface area contributed by atoms with Crippen LogP contribution < -0.4 is 5.32 Å². The van der Waals surface area contributed by atoms with Crippen LogP contribution in [0, 0.1) is 5.41 Å². The largest absolute Gasteiger partial charge is 0.481 e. The summed E-state index contributed by atoms with van der Waals surface area (Å²) in [6.45, 7) is 0.301. The molecule has 2 rings (SSSR count). The molecule has 0 spiro atoms. The fourth-order valence-corrected chi connectivity index (χ4v) is 3.74. The van der Waals surface area contributed by atoms with Crippen molar-refractivity contribution in [1.82, 2.24) is 5.32 Å². The molecule has 0 aromatic rings. The molecule has 0 radical (unpaired) electrons. The molecule has 0 aromatic carbocycles. The Kier molecular flexibility index (Phi) is 4.68. The Morgan fingerprint density at radius 1 is 0.950 bits per heavy atom. The molecule has 5 heteroatoms. The lowest BCUT2D eigenvalue weighted by Gasteiger charge is -2.28. The number of hydrogen-bond donors (Lipinski definition) is 3. The van der Waals surface area contributed by atoms with E-state index >= 15 is 0 Å². The molecule has 114 valence electrons. The molecule has 0 saturated heterocycles. The predicted molar refractivity (Wildman–Crippen MR) is 74.2 cm³/mol. The van der Waals surface area contributed by atoms with Crippen molar-refractivity contribution >= 4 is 11.9 Å². The molecule has 0 heterocycles. The molecule has 5 nitrogen and oxygen atoms in total. The summed E-state index contributed by atoms with van der Waals surface area (Å²) in [5.74, 6) is -0.942. The van der Waals surface area contributed by atoms with Gasteiger partial charge in [0.1, 0.15) is 0 Å². The van der Waals surface area contributed by atoms with Crippen molar-refractivity contribution in [3.8, 4) is 0 Å². The van der Waals surface area contributed by atoms with E-state index in [1.54, 1.807) is 0 Å². The molecule has 20 heavy (non-hydrogen) atoms. The third kappa shape index (κ3) is 3.95. The lowest BCUT2D eigenvalue weighted by Crippen LogP contribution is -2.42. The fourth-order valence-electron chi connectivity index (χ4n) is 3.74. The standard InChI is InChI=1S/C15H25NO4/c17-12(16-11-15(20)7-3-4-8-15)9-14(10-13(18)19)5-1-2-6-14/h20H,1-11H2,(H,16,17)(H,18,19). The summed E-state index contributed by atoms with van der Waals surface area (Å²) >= 11 is 0. The topological polar surface area (TPSA) is 86.6 Å². The molecule has 2 fully saturated rings. The van der Waals surface area contributed by atoms with Crippen LogP contribution in [-0.4, -0.2) is 34.2 Å². The van der Waals surface area contributed by atoms with Gasteiger partial charge in [0, 0.05) is 13.0 Å². The van der Waals surface area contributed by atoms with E-state index in [-0.39, 0.29) is 24.2 Å². The first kappa shape index (κ1) is 15.3. The van der Waals surface area contributed by atoms with Crippen LogP contribution in [0.1, 0.15) is 64.2 Å². The van der Waals surface area contributed by atoms with E-state index in [1.165, 1.54) is 0 Å². The van der Waals surface area contributed by atoms with Gasteiger partial charge in [0.05, 0.1) is 12.0 Å². The maximum absolute atomic E-state index is 12.1. The molecule has 0 bridgehead atoms. The van der Waals surface area contributed by atoms with Gasteiger partial charge in [0.25, 0.3) is 0 Å². The Labute approximate surface area is 119 Å². The molecule has 1 amide bonds. The molecule has 0 atom stereocenters. The van der Waals surface area contributed by atoms with E-state index in [0.717, 1.165) is 51.4 Å². The number of rotatable bonds is 6. The van der Waals surface area contributed by atoms with Gasteiger partial charge in [-0.25, -0.2) is 0 Å². The van der Waals surface area contributed by atoms with Crippen LogP contribution in [-0.2, 0) is 9.59 Å². The summed E-state index contributed by atoms with van der Waals surface area (Å²) in [5, 5.41) is 22.0. The number of aliphatic carboxylic acids is 1. The van der Waals surface area contributed by atoms with Gasteiger partial charge in [-0.3, -0.25) is 9.59 Å². The van der Waals surface area contributed by atoms with Gasteiger partial charge >= 0.3 is 5.97 Å². The van der Waals surface area contributed by atoms with Crippen molar-refractivity contribution in [2.24, 2.45) is 5.41 Å². The van der Waals surface area contributed by atoms with Crippen molar-refractivity contribution in [2.75, 3.05) is 6.54 Å². The third-order valence-electron chi connectivity index (χ3n) is 4.87. The van der Waals surface area contributed by atoms with Crippen LogP contribution in [0.5, 0.6) is 0 Å². The van der Waals surface area contributed by atoms with Crippen LogP contribution in [0.3, 0.4) is 0 Å². The quantitative estimate of drug-likeness (QED) is 0.694. The van der Waals surface area contributed by atoms with Gasteiger partial charge in [0.2, 0.25) is 5.91 Å². The van der Waals surface area contributed by atoms with Gasteiger partial charge in [-0.05, 0) is 31.1 Å². The zero-order valence-electron chi connectivity index (χ0n) is 12.0. The lowest BCUT2D eigenvalue weighted by atomic mass is 9.79. The zero-order valence-corrected chi connectivity index (χ0v) is 12.0. The van der Waals surface area contributed by atoms with Crippen LogP contribution in [0.15, 0.2) is 0 Å². The van der Waals surface area contributed by atoms with Crippen molar-refractivity contribution < 1.29 is 19.8 Å². The average Bonchev–Trinajstić information content (AvgIpc) is 2.97. The molecule has 2 saturated carbocycles. The normalized spacial score (nSPS) is 23.6. The van der Waals surface area contributed by atoms with Crippen molar-refractivity contribution in [3.05, 3.63) is 0 Å². The number of nitrogens with one attached hydrogen (secondary N) is 1. The molecule has 0 aliphatic heterocycles. The Bertz CT molecular complexity index is 368. The first-order valence-corrected chi connectivity index (χ1v) is 7.64. The van der Waals surface area contributed by atoms with Crippen molar-refractivity contribution in [2.45, 2.75) is 69.8 Å². The summed E-state index contributed by atoms with van der Waals surface area (Å²) in [6, 6.07) is 0. The van der Waals surface area contributed by atoms with E-state index in [9.17, 15) is 14.7 Å². The molecule has 0 unspecified atom stereocenters. The van der Waals surface area contributed by atoms with Crippen molar-refractivity contribution in [3.63, 3.8) is 0 Å². The highest BCUT2D eigenvalue weighted by Crippen LogP contribution is 2.44. The van der Waals surface area contributed by atoms with Crippen LogP contribution >= 0.6 is 0 Å². The Morgan fingerprint density at radius 2 is 1.50 bits per heavy atom. The number of amides is 1. The number of carboxylic acids is 1. The summed E-state index contributed by atoms with van der Waals surface area (Å²) in [6.07, 6.45) is 7.49. The van der Waals surface area contributed by atoms with Gasteiger partial charge in [-0.1, -0.05) is 25.7 Å². The predicted octanol–water partition coefficient (Wildman–Crippen LogP) is 1.83. The highest BCUT2D eigenvalue weighted by Gasteiger charge is 2.38. The SMILES string of the molecule is O=C(O)CC1(CC(=O)NCC2(O)CCCC2)CCCC1. The minimum atomic E-state index is -0.825. The minimum absolute atomic E-state index is 0.0741. The highest BCUT2D eigenvalue weighted by molar-refractivity contribution is 5.78. The van der Waals surface area contributed by atoms with Gasteiger partial charge in [-0.2, -0.15) is 0 Å². The Hall–Kier alpha value is -1.10. The smallest absolute Gasteiger partial charge is 0.303 e. The minimum Gasteiger partial charge on any atom is -0.481 e. The molecule has 0 aromatic heterocycles. The number of hydrogen-bond acceptors (Lipinski definition) is 3. The second kappa shape index (κ2) is 6.12. The van der Waals surface area contributed by atoms with E-state index < -0.39 is 11.6 Å². The fraction of sp³-hybridized carbons (Fsp3) is 0.867. The van der Waals surface area contributed by atoms with Crippen LogP contribution in [0.25, 0.3) is 0 Å². The first-order chi connectivity index (χ1) is 9.43. The highest BCUT2D eigenvalue weighted by atomic mass is 16.4. The van der Waals surface area contributed by atoms with E-state index in [2.05, 4.69) is 5.32 Å². The number of carboxylic acid groups (broad SMARTS) is 1. The molecular weight excluding hydrogens is 258 g/mol. The van der Waals surface area contributed by atoms with E-state index in [1.807, 2.05) is 0 Å². The number of carbonyl (C=O) groups excluding carboxylic acids is 1. The maximum Gasteiger partial charge on any atom is 0.303 e. The molecule has 2 aliphatic carbocycles. The molecular formula is C15H25NO4. The van der Waals surface area contributed by atoms with Gasteiger partial charge in [-0.15, -0.1) is 0 Å². The average molecular weight is 283 g/mol. The Morgan fingerprint density at radius 3 is 2.05 bits per heavy atom. The summed E-state index contributed by atoms with van der Waals surface area (Å²) in [4.78, 5) is 23.1. The monoisotopic (exact) mass is 283 g/mol. The van der Waals surface area contributed by atoms with Gasteiger partial charge in [0.15, 0.2) is 0 Å². The zero-order chi connectivity index (χ0) is 14.6. The maximum atomic E-state index is 12.1.